The SMILES string of the molecule is Cc1cccc2c(C3=C(c4cc(N5CCN(C)CC5)ncc4Cl)C(=O)NC3=O)c[nH]c12. The highest BCUT2D eigenvalue weighted by Crippen LogP contribution is 2.38. The highest BCUT2D eigenvalue weighted by molar-refractivity contribution is 6.51. The summed E-state index contributed by atoms with van der Waals surface area (Å²) in [5.74, 6) is -0.114. The molecule has 5 rings (SSSR count). The molecule has 0 atom stereocenters. The Morgan fingerprint density at radius 2 is 1.74 bits per heavy atom. The van der Waals surface area contributed by atoms with E-state index in [4.69, 9.17) is 11.6 Å². The maximum atomic E-state index is 12.9. The number of H-pyrrole nitrogens is 1. The number of aryl methyl sites for hydroxylation is 1. The smallest absolute Gasteiger partial charge is 0.259 e. The van der Waals surface area contributed by atoms with Gasteiger partial charge in [0, 0.05) is 60.6 Å². The molecule has 2 aliphatic heterocycles. The molecule has 2 N–H and O–H groups in total. The largest absolute Gasteiger partial charge is 0.360 e. The van der Waals surface area contributed by atoms with Crippen molar-refractivity contribution in [1.82, 2.24) is 20.2 Å². The number of anilines is 1. The first-order valence-corrected chi connectivity index (χ1v) is 10.6. The van der Waals surface area contributed by atoms with Crippen LogP contribution in [0.3, 0.4) is 0 Å². The van der Waals surface area contributed by atoms with Crippen molar-refractivity contribution in [3.05, 3.63) is 58.4 Å². The van der Waals surface area contributed by atoms with Gasteiger partial charge in [0.25, 0.3) is 11.8 Å². The predicted octanol–water partition coefficient (Wildman–Crippen LogP) is 2.84. The van der Waals surface area contributed by atoms with Crippen molar-refractivity contribution < 1.29 is 9.59 Å². The number of hydrogen-bond acceptors (Lipinski definition) is 5. The van der Waals surface area contributed by atoms with Gasteiger partial charge < -0.3 is 14.8 Å². The van der Waals surface area contributed by atoms with Crippen LogP contribution in [0.2, 0.25) is 5.02 Å². The molecule has 4 heterocycles. The number of piperazine rings is 1. The number of carbonyl (C=O) groups is 2. The normalized spacial score (nSPS) is 17.7. The van der Waals surface area contributed by atoms with E-state index >= 15 is 0 Å². The first kappa shape index (κ1) is 19.8. The fourth-order valence-corrected chi connectivity index (χ4v) is 4.51. The lowest BCUT2D eigenvalue weighted by Crippen LogP contribution is -2.44. The van der Waals surface area contributed by atoms with Crippen LogP contribution in [0.5, 0.6) is 0 Å². The minimum atomic E-state index is -0.445. The van der Waals surface area contributed by atoms with Gasteiger partial charge in [-0.1, -0.05) is 29.8 Å². The zero-order valence-corrected chi connectivity index (χ0v) is 18.1. The van der Waals surface area contributed by atoms with Gasteiger partial charge >= 0.3 is 0 Å². The summed E-state index contributed by atoms with van der Waals surface area (Å²) in [5, 5.41) is 3.68. The van der Waals surface area contributed by atoms with Crippen molar-refractivity contribution >= 4 is 51.3 Å². The number of fused-ring (bicyclic) bond motifs is 1. The van der Waals surface area contributed by atoms with E-state index in [-0.39, 0.29) is 5.57 Å². The average molecular weight is 436 g/mol. The lowest BCUT2D eigenvalue weighted by molar-refractivity contribution is -0.122. The van der Waals surface area contributed by atoms with Crippen molar-refractivity contribution in [2.75, 3.05) is 38.1 Å². The summed E-state index contributed by atoms with van der Waals surface area (Å²) >= 11 is 6.50. The number of imide groups is 1. The Balaban J connectivity index is 1.67. The Hall–Kier alpha value is -3.16. The van der Waals surface area contributed by atoms with E-state index in [0.29, 0.717) is 21.7 Å². The molecule has 1 fully saturated rings. The zero-order chi connectivity index (χ0) is 21.7. The lowest BCUT2D eigenvalue weighted by atomic mass is 9.96. The summed E-state index contributed by atoms with van der Waals surface area (Å²) in [4.78, 5) is 37.9. The number of aromatic amines is 1. The van der Waals surface area contributed by atoms with Crippen molar-refractivity contribution in [2.45, 2.75) is 6.92 Å². The third-order valence-electron chi connectivity index (χ3n) is 6.06. The third kappa shape index (κ3) is 3.30. The topological polar surface area (TPSA) is 81.3 Å². The summed E-state index contributed by atoms with van der Waals surface area (Å²) in [6.45, 7) is 5.54. The minimum absolute atomic E-state index is 0.287. The molecule has 158 valence electrons. The van der Waals surface area contributed by atoms with Gasteiger partial charge in [-0.05, 0) is 25.6 Å². The van der Waals surface area contributed by atoms with Gasteiger partial charge in [0.2, 0.25) is 0 Å². The van der Waals surface area contributed by atoms with Crippen molar-refractivity contribution in [2.24, 2.45) is 0 Å². The molecule has 3 aromatic rings. The summed E-state index contributed by atoms with van der Waals surface area (Å²) in [7, 11) is 2.09. The van der Waals surface area contributed by atoms with Gasteiger partial charge in [0.1, 0.15) is 5.82 Å². The van der Waals surface area contributed by atoms with Gasteiger partial charge in [-0.25, -0.2) is 4.98 Å². The number of halogens is 1. The molecule has 7 nitrogen and oxygen atoms in total. The van der Waals surface area contributed by atoms with E-state index in [0.717, 1.165) is 48.5 Å². The van der Waals surface area contributed by atoms with Gasteiger partial charge in [-0.2, -0.15) is 0 Å². The number of nitrogens with zero attached hydrogens (tertiary/aromatic N) is 3. The van der Waals surface area contributed by atoms with Gasteiger partial charge in [0.15, 0.2) is 0 Å². The number of pyridine rings is 1. The number of likely N-dealkylation sites (N-methyl/N-ethyl adjacent to an activating group) is 1. The molecule has 2 amide bonds. The monoisotopic (exact) mass is 435 g/mol. The maximum absolute atomic E-state index is 12.9. The molecule has 0 saturated carbocycles. The van der Waals surface area contributed by atoms with Gasteiger partial charge in [-0.15, -0.1) is 0 Å². The first-order chi connectivity index (χ1) is 14.9. The van der Waals surface area contributed by atoms with Gasteiger partial charge in [-0.3, -0.25) is 14.9 Å². The number of benzene rings is 1. The average Bonchev–Trinajstić information content (AvgIpc) is 3.30. The quantitative estimate of drug-likeness (QED) is 0.618. The molecule has 8 heteroatoms. The van der Waals surface area contributed by atoms with E-state index in [1.54, 1.807) is 12.4 Å². The summed E-state index contributed by atoms with van der Waals surface area (Å²) < 4.78 is 0. The highest BCUT2D eigenvalue weighted by atomic mass is 35.5. The van der Waals surface area contributed by atoms with Crippen molar-refractivity contribution in [3.63, 3.8) is 0 Å². The first-order valence-electron chi connectivity index (χ1n) is 10.2. The van der Waals surface area contributed by atoms with Crippen LogP contribution in [0.1, 0.15) is 16.7 Å². The van der Waals surface area contributed by atoms with E-state index in [1.807, 2.05) is 31.2 Å². The predicted molar refractivity (Wildman–Crippen MR) is 122 cm³/mol. The number of rotatable bonds is 3. The number of nitrogens with one attached hydrogen (secondary N) is 2. The molecule has 2 aromatic heterocycles. The Morgan fingerprint density at radius 3 is 2.48 bits per heavy atom. The Kier molecular flexibility index (Phi) is 4.79. The molecular weight excluding hydrogens is 414 g/mol. The number of para-hydroxylation sites is 1. The Morgan fingerprint density at radius 1 is 1.03 bits per heavy atom. The highest BCUT2D eigenvalue weighted by Gasteiger charge is 2.35. The van der Waals surface area contributed by atoms with Crippen LogP contribution >= 0.6 is 11.6 Å². The van der Waals surface area contributed by atoms with Crippen LogP contribution < -0.4 is 10.2 Å². The Bertz CT molecular complexity index is 1250. The summed E-state index contributed by atoms with van der Waals surface area (Å²) in [6.07, 6.45) is 3.34. The number of amides is 2. The maximum Gasteiger partial charge on any atom is 0.259 e. The molecule has 2 aliphatic rings. The standard InChI is InChI=1S/C23H22ClN5O2/c1-13-4-3-5-14-16(11-26-21(13)14)20-19(22(30)27-23(20)31)15-10-18(25-12-17(15)24)29-8-6-28(2)7-9-29/h3-5,10-12,26H,6-9H2,1-2H3,(H,27,30,31). The van der Waals surface area contributed by atoms with Crippen LogP contribution in [-0.4, -0.2) is 59.9 Å². The van der Waals surface area contributed by atoms with E-state index in [1.165, 1.54) is 0 Å². The lowest BCUT2D eigenvalue weighted by Gasteiger charge is -2.33. The molecule has 0 spiro atoms. The van der Waals surface area contributed by atoms with Crippen LogP contribution in [0, 0.1) is 6.92 Å². The molecule has 31 heavy (non-hydrogen) atoms. The van der Waals surface area contributed by atoms with E-state index < -0.39 is 11.8 Å². The summed E-state index contributed by atoms with van der Waals surface area (Å²) in [5.41, 5.74) is 3.83. The van der Waals surface area contributed by atoms with Crippen LogP contribution in [0.4, 0.5) is 5.82 Å². The molecule has 0 unspecified atom stereocenters. The minimum Gasteiger partial charge on any atom is -0.360 e. The van der Waals surface area contributed by atoms with Crippen LogP contribution in [-0.2, 0) is 9.59 Å². The number of hydrogen-bond donors (Lipinski definition) is 2. The fourth-order valence-electron chi connectivity index (χ4n) is 4.31. The second-order valence-electron chi connectivity index (χ2n) is 8.05. The van der Waals surface area contributed by atoms with Crippen molar-refractivity contribution in [3.8, 4) is 0 Å². The van der Waals surface area contributed by atoms with Crippen molar-refractivity contribution in [1.29, 1.82) is 0 Å². The van der Waals surface area contributed by atoms with E-state index in [9.17, 15) is 9.59 Å². The Labute approximate surface area is 184 Å². The fraction of sp³-hybridized carbons (Fsp3) is 0.261. The second kappa shape index (κ2) is 7.51. The van der Waals surface area contributed by atoms with Crippen LogP contribution in [0.15, 0.2) is 36.7 Å². The second-order valence-corrected chi connectivity index (χ2v) is 8.45. The van der Waals surface area contributed by atoms with Crippen LogP contribution in [0.25, 0.3) is 22.0 Å². The molecule has 0 radical (unpaired) electrons. The zero-order valence-electron chi connectivity index (χ0n) is 17.3. The molecule has 0 aliphatic carbocycles. The van der Waals surface area contributed by atoms with Gasteiger partial charge in [0.05, 0.1) is 16.2 Å². The summed E-state index contributed by atoms with van der Waals surface area (Å²) in [6, 6.07) is 7.70. The van der Waals surface area contributed by atoms with E-state index in [2.05, 4.69) is 32.1 Å². The molecule has 0 bridgehead atoms. The number of carbonyl (C=O) groups excluding carboxylic acids is 2. The third-order valence-corrected chi connectivity index (χ3v) is 6.36. The number of aromatic nitrogens is 2. The molecule has 1 aromatic carbocycles. The molecule has 1 saturated heterocycles. The molecular formula is C23H22ClN5O2.